The van der Waals surface area contributed by atoms with Crippen LogP contribution in [0.25, 0.3) is 0 Å². The molecule has 1 aliphatic carbocycles. The quantitative estimate of drug-likeness (QED) is 0.230. The zero-order valence-corrected chi connectivity index (χ0v) is 17.8. The molecule has 0 saturated carbocycles. The highest BCUT2D eigenvalue weighted by Crippen LogP contribution is 2.24. The molecule has 162 valence electrons. The minimum absolute atomic E-state index is 0.0927. The first-order chi connectivity index (χ1) is 15.2. The van der Waals surface area contributed by atoms with Crippen LogP contribution < -0.4 is 15.4 Å². The first-order valence-corrected chi connectivity index (χ1v) is 10.7. The van der Waals surface area contributed by atoms with Gasteiger partial charge in [0, 0.05) is 11.7 Å². The van der Waals surface area contributed by atoms with Gasteiger partial charge in [0.1, 0.15) is 5.75 Å². The van der Waals surface area contributed by atoms with E-state index in [1.54, 1.807) is 18.3 Å². The van der Waals surface area contributed by atoms with Gasteiger partial charge < -0.3 is 20.1 Å². The van der Waals surface area contributed by atoms with Crippen LogP contribution in [-0.2, 0) is 17.6 Å². The van der Waals surface area contributed by atoms with Crippen LogP contribution in [0.15, 0.2) is 53.5 Å². The van der Waals surface area contributed by atoms with Crippen LogP contribution in [0.3, 0.4) is 0 Å². The van der Waals surface area contributed by atoms with Crippen molar-refractivity contribution in [3.05, 3.63) is 59.7 Å². The van der Waals surface area contributed by atoms with Crippen LogP contribution in [0.1, 0.15) is 43.7 Å². The van der Waals surface area contributed by atoms with E-state index in [-0.39, 0.29) is 18.2 Å². The number of fused-ring (bicyclic) bond motifs is 1. The largest absolute Gasteiger partial charge is 0.450 e. The highest BCUT2D eigenvalue weighted by Gasteiger charge is 2.19. The predicted octanol–water partition coefficient (Wildman–Crippen LogP) is 4.79. The van der Waals surface area contributed by atoms with Crippen LogP contribution in [-0.4, -0.2) is 24.8 Å². The Hall–Kier alpha value is -3.53. The summed E-state index contributed by atoms with van der Waals surface area (Å²) in [6, 6.07) is 15.5. The summed E-state index contributed by atoms with van der Waals surface area (Å²) >= 11 is 0. The van der Waals surface area contributed by atoms with Gasteiger partial charge in [-0.05, 0) is 67.5 Å². The number of hydrogen-bond acceptors (Lipinski definition) is 5. The highest BCUT2D eigenvalue weighted by molar-refractivity contribution is 5.91. The standard InChI is InChI=1S/C24H28N4O3/c1-2-3-15-30-24(29)28-20-12-9-18-10-14-21(16-19(18)11-13-20)27-23(26-17-25)31-22-7-5-4-6-8-22/h4-8,10,14,16,20H,2-3,9,11-13,15H2,1H3,(H,26,27)(H,28,29). The molecule has 3 rings (SSSR count). The van der Waals surface area contributed by atoms with Crippen molar-refractivity contribution in [2.75, 3.05) is 11.9 Å². The molecule has 1 unspecified atom stereocenters. The van der Waals surface area contributed by atoms with Gasteiger partial charge in [0.2, 0.25) is 6.19 Å². The second-order valence-electron chi connectivity index (χ2n) is 7.45. The summed E-state index contributed by atoms with van der Waals surface area (Å²) in [7, 11) is 0. The van der Waals surface area contributed by atoms with Gasteiger partial charge in [-0.25, -0.2) is 4.79 Å². The van der Waals surface area contributed by atoms with Crippen molar-refractivity contribution < 1.29 is 14.3 Å². The number of hydrogen-bond donors (Lipinski definition) is 2. The summed E-state index contributed by atoms with van der Waals surface area (Å²) in [5.41, 5.74) is 3.27. The van der Waals surface area contributed by atoms with Crippen molar-refractivity contribution in [1.29, 1.82) is 5.26 Å². The fourth-order valence-electron chi connectivity index (χ4n) is 3.49. The topological polar surface area (TPSA) is 95.7 Å². The van der Waals surface area contributed by atoms with E-state index in [1.807, 2.05) is 24.3 Å². The smallest absolute Gasteiger partial charge is 0.407 e. The molecule has 1 aliphatic rings. The molecule has 31 heavy (non-hydrogen) atoms. The fourth-order valence-corrected chi connectivity index (χ4v) is 3.49. The number of alkyl carbamates (subject to hydrolysis) is 1. The van der Waals surface area contributed by atoms with Gasteiger partial charge in [0.05, 0.1) is 6.61 Å². The number of amidine groups is 1. The number of unbranched alkanes of at least 4 members (excludes halogenated alkanes) is 1. The van der Waals surface area contributed by atoms with Gasteiger partial charge in [-0.15, -0.1) is 4.99 Å². The minimum Gasteiger partial charge on any atom is -0.450 e. The van der Waals surface area contributed by atoms with Crippen LogP contribution >= 0.6 is 0 Å². The first-order valence-electron chi connectivity index (χ1n) is 10.7. The number of aliphatic imine (C=N–C) groups is 1. The number of nitriles is 1. The molecule has 0 spiro atoms. The van der Waals surface area contributed by atoms with Gasteiger partial charge in [0.25, 0.3) is 0 Å². The third kappa shape index (κ3) is 7.03. The maximum absolute atomic E-state index is 12.0. The number of carbonyl (C=O) groups excluding carboxylic acids is 1. The van der Waals surface area contributed by atoms with Gasteiger partial charge in [0.15, 0.2) is 0 Å². The third-order valence-electron chi connectivity index (χ3n) is 5.14. The van der Waals surface area contributed by atoms with E-state index in [9.17, 15) is 4.79 Å². The van der Waals surface area contributed by atoms with E-state index in [1.165, 1.54) is 11.1 Å². The number of ether oxygens (including phenoxy) is 2. The molecule has 2 aromatic carbocycles. The summed E-state index contributed by atoms with van der Waals surface area (Å²) in [6.07, 6.45) is 6.77. The maximum atomic E-state index is 12.0. The zero-order valence-electron chi connectivity index (χ0n) is 17.8. The highest BCUT2D eigenvalue weighted by atomic mass is 16.5. The summed E-state index contributed by atoms with van der Waals surface area (Å²) < 4.78 is 10.9. The Morgan fingerprint density at radius 3 is 2.68 bits per heavy atom. The molecule has 0 radical (unpaired) electrons. The second kappa shape index (κ2) is 11.6. The Kier molecular flexibility index (Phi) is 8.29. The molecule has 2 N–H and O–H groups in total. The molecule has 1 amide bonds. The molecule has 7 nitrogen and oxygen atoms in total. The van der Waals surface area contributed by atoms with Crippen LogP contribution in [0.2, 0.25) is 0 Å². The molecule has 1 atom stereocenters. The molecular formula is C24H28N4O3. The van der Waals surface area contributed by atoms with Crippen molar-refractivity contribution in [2.24, 2.45) is 4.99 Å². The van der Waals surface area contributed by atoms with Crippen LogP contribution in [0.4, 0.5) is 10.5 Å². The lowest BCUT2D eigenvalue weighted by Crippen LogP contribution is -2.35. The molecule has 0 aromatic heterocycles. The van der Waals surface area contributed by atoms with Crippen molar-refractivity contribution in [3.63, 3.8) is 0 Å². The molecule has 0 heterocycles. The average molecular weight is 421 g/mol. The van der Waals surface area contributed by atoms with E-state index in [4.69, 9.17) is 14.7 Å². The second-order valence-corrected chi connectivity index (χ2v) is 7.45. The number of benzene rings is 2. The summed E-state index contributed by atoms with van der Waals surface area (Å²) in [4.78, 5) is 15.7. The zero-order chi connectivity index (χ0) is 21.9. The van der Waals surface area contributed by atoms with Gasteiger partial charge in [-0.3, -0.25) is 0 Å². The number of anilines is 1. The molecular weight excluding hydrogens is 392 g/mol. The number of aryl methyl sites for hydroxylation is 2. The predicted molar refractivity (Wildman–Crippen MR) is 120 cm³/mol. The summed E-state index contributed by atoms with van der Waals surface area (Å²) in [6.45, 7) is 2.53. The lowest BCUT2D eigenvalue weighted by atomic mass is 10.0. The number of amides is 1. The van der Waals surface area contributed by atoms with Gasteiger partial charge in [-0.1, -0.05) is 37.6 Å². The Balaban J connectivity index is 1.60. The van der Waals surface area contributed by atoms with E-state index in [2.05, 4.69) is 34.7 Å². The lowest BCUT2D eigenvalue weighted by Gasteiger charge is -2.15. The Morgan fingerprint density at radius 1 is 1.16 bits per heavy atom. The fraction of sp³-hybridized carbons (Fsp3) is 0.375. The van der Waals surface area contributed by atoms with Crippen molar-refractivity contribution in [2.45, 2.75) is 51.5 Å². The Labute approximate surface area is 183 Å². The summed E-state index contributed by atoms with van der Waals surface area (Å²) in [5, 5.41) is 15.1. The average Bonchev–Trinajstić information content (AvgIpc) is 2.97. The van der Waals surface area contributed by atoms with Crippen LogP contribution in [0.5, 0.6) is 5.75 Å². The Morgan fingerprint density at radius 2 is 1.94 bits per heavy atom. The SMILES string of the molecule is CCCCOC(=O)NC1CCc2ccc(N/C(=N/C#N)Oc3ccccc3)cc2CC1. The lowest BCUT2D eigenvalue weighted by molar-refractivity contribution is 0.139. The Bertz CT molecular complexity index is 938. The number of nitrogens with zero attached hydrogens (tertiary/aromatic N) is 2. The van der Waals surface area contributed by atoms with Crippen LogP contribution in [0, 0.1) is 11.5 Å². The van der Waals surface area contributed by atoms with Crippen molar-refractivity contribution >= 4 is 17.8 Å². The monoisotopic (exact) mass is 420 g/mol. The molecule has 0 aliphatic heterocycles. The molecule has 0 bridgehead atoms. The minimum atomic E-state index is -0.331. The number of carbonyl (C=O) groups is 1. The normalized spacial score (nSPS) is 15.7. The first kappa shape index (κ1) is 22.2. The van der Waals surface area contributed by atoms with Crippen molar-refractivity contribution in [1.82, 2.24) is 5.32 Å². The van der Waals surface area contributed by atoms with E-state index in [0.29, 0.717) is 12.4 Å². The molecule has 0 saturated heterocycles. The maximum Gasteiger partial charge on any atom is 0.407 e. The molecule has 2 aromatic rings. The van der Waals surface area contributed by atoms with E-state index in [0.717, 1.165) is 44.2 Å². The van der Waals surface area contributed by atoms with E-state index >= 15 is 0 Å². The number of nitrogens with one attached hydrogen (secondary N) is 2. The van der Waals surface area contributed by atoms with E-state index < -0.39 is 0 Å². The molecule has 7 heteroatoms. The third-order valence-corrected chi connectivity index (χ3v) is 5.14. The number of rotatable bonds is 6. The number of para-hydroxylation sites is 1. The molecule has 0 fully saturated rings. The van der Waals surface area contributed by atoms with Gasteiger partial charge in [-0.2, -0.15) is 5.26 Å². The van der Waals surface area contributed by atoms with Crippen molar-refractivity contribution in [3.8, 4) is 11.9 Å². The summed E-state index contributed by atoms with van der Waals surface area (Å²) in [5.74, 6) is 0.596. The van der Waals surface area contributed by atoms with Gasteiger partial charge >= 0.3 is 12.1 Å².